The van der Waals surface area contributed by atoms with Gasteiger partial charge in [0.05, 0.1) is 5.56 Å². The average molecular weight is 283 g/mol. The zero-order chi connectivity index (χ0) is 15.2. The van der Waals surface area contributed by atoms with E-state index >= 15 is 0 Å². The van der Waals surface area contributed by atoms with Crippen LogP contribution < -0.4 is 5.32 Å². The quantitative estimate of drug-likeness (QED) is 0.654. The van der Waals surface area contributed by atoms with E-state index in [9.17, 15) is 14.7 Å². The molecule has 0 aliphatic carbocycles. The van der Waals surface area contributed by atoms with E-state index < -0.39 is 5.97 Å². The summed E-state index contributed by atoms with van der Waals surface area (Å²) in [5.74, 6) is -1.28. The molecule has 0 aromatic heterocycles. The number of nitrogens with one attached hydrogen (secondary N) is 1. The lowest BCUT2D eigenvalue weighted by atomic mass is 9.98. The van der Waals surface area contributed by atoms with Crippen molar-refractivity contribution in [2.75, 3.05) is 6.54 Å². The minimum Gasteiger partial charge on any atom is -0.478 e. The fourth-order valence-corrected chi connectivity index (χ4v) is 2.24. The molecule has 2 rings (SSSR count). The summed E-state index contributed by atoms with van der Waals surface area (Å²) in [6, 6.07) is 10.2. The van der Waals surface area contributed by atoms with Crippen molar-refractivity contribution < 1.29 is 14.7 Å². The summed E-state index contributed by atoms with van der Waals surface area (Å²) in [7, 11) is 0. The van der Waals surface area contributed by atoms with Crippen LogP contribution in [-0.4, -0.2) is 23.5 Å². The predicted molar refractivity (Wildman–Crippen MR) is 82.7 cm³/mol. The fraction of sp³-hybridized carbons (Fsp3) is 0.176. The van der Waals surface area contributed by atoms with Gasteiger partial charge in [-0.3, -0.25) is 4.79 Å². The van der Waals surface area contributed by atoms with Crippen LogP contribution in [-0.2, 0) is 0 Å². The SMILES string of the molecule is C/C=C/CCNC(=O)c1cccc2cccc(C(=O)O)c12. The highest BCUT2D eigenvalue weighted by atomic mass is 16.4. The molecule has 4 nitrogen and oxygen atoms in total. The number of amides is 1. The summed E-state index contributed by atoms with van der Waals surface area (Å²) in [6.45, 7) is 2.44. The summed E-state index contributed by atoms with van der Waals surface area (Å²) >= 11 is 0. The van der Waals surface area contributed by atoms with Crippen molar-refractivity contribution in [1.29, 1.82) is 0 Å². The second-order valence-corrected chi connectivity index (χ2v) is 4.63. The van der Waals surface area contributed by atoms with Gasteiger partial charge in [0, 0.05) is 17.5 Å². The number of allylic oxidation sites excluding steroid dienone is 1. The second kappa shape index (κ2) is 6.70. The molecule has 4 heteroatoms. The molecular weight excluding hydrogens is 266 g/mol. The van der Waals surface area contributed by atoms with Crippen LogP contribution >= 0.6 is 0 Å². The van der Waals surface area contributed by atoms with Crippen LogP contribution in [0.25, 0.3) is 10.8 Å². The minimum atomic E-state index is -1.03. The van der Waals surface area contributed by atoms with Crippen LogP contribution in [0.15, 0.2) is 48.6 Å². The lowest BCUT2D eigenvalue weighted by Gasteiger charge is -2.09. The second-order valence-electron chi connectivity index (χ2n) is 4.63. The monoisotopic (exact) mass is 283 g/mol. The molecule has 0 aliphatic heterocycles. The lowest BCUT2D eigenvalue weighted by molar-refractivity contribution is 0.0699. The lowest BCUT2D eigenvalue weighted by Crippen LogP contribution is -2.24. The van der Waals surface area contributed by atoms with E-state index in [0.29, 0.717) is 17.5 Å². The molecule has 0 aliphatic rings. The first-order chi connectivity index (χ1) is 10.1. The predicted octanol–water partition coefficient (Wildman–Crippen LogP) is 3.23. The number of hydrogen-bond donors (Lipinski definition) is 2. The maximum atomic E-state index is 12.3. The topological polar surface area (TPSA) is 66.4 Å². The summed E-state index contributed by atoms with van der Waals surface area (Å²) in [5, 5.41) is 13.3. The molecule has 21 heavy (non-hydrogen) atoms. The van der Waals surface area contributed by atoms with Crippen molar-refractivity contribution in [3.8, 4) is 0 Å². The highest BCUT2D eigenvalue weighted by Crippen LogP contribution is 2.23. The van der Waals surface area contributed by atoms with Gasteiger partial charge in [-0.2, -0.15) is 0 Å². The number of carboxylic acids is 1. The Labute approximate surface area is 123 Å². The molecule has 1 amide bonds. The van der Waals surface area contributed by atoms with Crippen LogP contribution in [0.5, 0.6) is 0 Å². The molecule has 0 heterocycles. The van der Waals surface area contributed by atoms with Gasteiger partial charge in [0.1, 0.15) is 0 Å². The van der Waals surface area contributed by atoms with Crippen LogP contribution in [0.1, 0.15) is 34.1 Å². The van der Waals surface area contributed by atoms with Crippen molar-refractivity contribution in [3.63, 3.8) is 0 Å². The first kappa shape index (κ1) is 14.8. The normalized spacial score (nSPS) is 10.9. The zero-order valence-electron chi connectivity index (χ0n) is 11.8. The highest BCUT2D eigenvalue weighted by molar-refractivity contribution is 6.14. The molecule has 0 unspecified atom stereocenters. The average Bonchev–Trinajstić information content (AvgIpc) is 2.50. The Hall–Kier alpha value is -2.62. The third-order valence-corrected chi connectivity index (χ3v) is 3.21. The highest BCUT2D eigenvalue weighted by Gasteiger charge is 2.15. The van der Waals surface area contributed by atoms with E-state index in [1.807, 2.05) is 19.1 Å². The zero-order valence-corrected chi connectivity index (χ0v) is 11.8. The number of benzene rings is 2. The molecule has 0 saturated carbocycles. The fourth-order valence-electron chi connectivity index (χ4n) is 2.24. The Morgan fingerprint density at radius 1 is 1.14 bits per heavy atom. The Bertz CT molecular complexity index is 699. The number of fused-ring (bicyclic) bond motifs is 1. The summed E-state index contributed by atoms with van der Waals surface area (Å²) in [5.41, 5.74) is 0.540. The van der Waals surface area contributed by atoms with E-state index in [2.05, 4.69) is 5.32 Å². The van der Waals surface area contributed by atoms with E-state index in [1.54, 1.807) is 30.3 Å². The van der Waals surface area contributed by atoms with Gasteiger partial charge in [0.15, 0.2) is 0 Å². The molecule has 2 aromatic carbocycles. The molecule has 0 saturated heterocycles. The van der Waals surface area contributed by atoms with E-state index in [4.69, 9.17) is 0 Å². The third-order valence-electron chi connectivity index (χ3n) is 3.21. The van der Waals surface area contributed by atoms with E-state index in [1.165, 1.54) is 6.07 Å². The van der Waals surface area contributed by atoms with Crippen molar-refractivity contribution in [1.82, 2.24) is 5.32 Å². The van der Waals surface area contributed by atoms with Crippen molar-refractivity contribution >= 4 is 22.6 Å². The minimum absolute atomic E-state index is 0.145. The van der Waals surface area contributed by atoms with Gasteiger partial charge in [-0.05, 0) is 30.9 Å². The van der Waals surface area contributed by atoms with Gasteiger partial charge < -0.3 is 10.4 Å². The number of carboxylic acid groups (broad SMARTS) is 1. The Kier molecular flexibility index (Phi) is 4.72. The maximum Gasteiger partial charge on any atom is 0.336 e. The number of hydrogen-bond acceptors (Lipinski definition) is 2. The molecule has 0 spiro atoms. The van der Waals surface area contributed by atoms with Gasteiger partial charge in [-0.1, -0.05) is 36.4 Å². The van der Waals surface area contributed by atoms with E-state index in [-0.39, 0.29) is 11.5 Å². The molecule has 0 fully saturated rings. The van der Waals surface area contributed by atoms with Crippen molar-refractivity contribution in [3.05, 3.63) is 59.7 Å². The van der Waals surface area contributed by atoms with Crippen molar-refractivity contribution in [2.24, 2.45) is 0 Å². The molecule has 0 bridgehead atoms. The Balaban J connectivity index is 2.39. The summed E-state index contributed by atoms with van der Waals surface area (Å²) in [4.78, 5) is 23.6. The molecule has 0 radical (unpaired) electrons. The van der Waals surface area contributed by atoms with E-state index in [0.717, 1.165) is 11.8 Å². The van der Waals surface area contributed by atoms with Gasteiger partial charge in [0.2, 0.25) is 0 Å². The first-order valence-electron chi connectivity index (χ1n) is 6.79. The van der Waals surface area contributed by atoms with Crippen LogP contribution in [0.4, 0.5) is 0 Å². The van der Waals surface area contributed by atoms with Gasteiger partial charge in [0.25, 0.3) is 5.91 Å². The van der Waals surface area contributed by atoms with Crippen LogP contribution in [0.3, 0.4) is 0 Å². The number of rotatable bonds is 5. The van der Waals surface area contributed by atoms with Crippen LogP contribution in [0.2, 0.25) is 0 Å². The number of carbonyl (C=O) groups is 2. The van der Waals surface area contributed by atoms with Gasteiger partial charge >= 0.3 is 5.97 Å². The molecule has 2 N–H and O–H groups in total. The van der Waals surface area contributed by atoms with Crippen LogP contribution in [0, 0.1) is 0 Å². The first-order valence-corrected chi connectivity index (χ1v) is 6.79. The number of carbonyl (C=O) groups excluding carboxylic acids is 1. The van der Waals surface area contributed by atoms with Gasteiger partial charge in [-0.25, -0.2) is 4.79 Å². The smallest absolute Gasteiger partial charge is 0.336 e. The number of aromatic carboxylic acids is 1. The van der Waals surface area contributed by atoms with Gasteiger partial charge in [-0.15, -0.1) is 0 Å². The molecule has 0 atom stereocenters. The Morgan fingerprint density at radius 3 is 2.43 bits per heavy atom. The third kappa shape index (κ3) is 3.28. The Morgan fingerprint density at radius 2 is 1.81 bits per heavy atom. The summed E-state index contributed by atoms with van der Waals surface area (Å²) in [6.07, 6.45) is 4.64. The van der Waals surface area contributed by atoms with Crippen molar-refractivity contribution in [2.45, 2.75) is 13.3 Å². The standard InChI is InChI=1S/C17H17NO3/c1-2-3-4-11-18-16(19)13-9-5-7-12-8-6-10-14(15(12)13)17(20)21/h2-3,5-10H,4,11H2,1H3,(H,18,19)(H,20,21)/b3-2+. The maximum absolute atomic E-state index is 12.3. The molecular formula is C17H17NO3. The molecule has 108 valence electrons. The summed E-state index contributed by atoms with van der Waals surface area (Å²) < 4.78 is 0. The molecule has 2 aromatic rings. The largest absolute Gasteiger partial charge is 0.478 e.